The minimum absolute atomic E-state index is 0.0522. The van der Waals surface area contributed by atoms with Crippen molar-refractivity contribution in [2.24, 2.45) is 0 Å². The zero-order valence-electron chi connectivity index (χ0n) is 16.4. The van der Waals surface area contributed by atoms with E-state index < -0.39 is 0 Å². The molecule has 2 aromatic rings. The topological polar surface area (TPSA) is 67.4 Å². The first kappa shape index (κ1) is 19.9. The number of aryl methyl sites for hydroxylation is 1. The summed E-state index contributed by atoms with van der Waals surface area (Å²) >= 11 is 0. The van der Waals surface area contributed by atoms with Crippen LogP contribution in [0.1, 0.15) is 54.9 Å². The van der Waals surface area contributed by atoms with E-state index in [1.807, 2.05) is 24.3 Å². The van der Waals surface area contributed by atoms with E-state index in [1.165, 1.54) is 24.8 Å². The van der Waals surface area contributed by atoms with Crippen LogP contribution in [0.3, 0.4) is 0 Å². The number of rotatable bonds is 7. The summed E-state index contributed by atoms with van der Waals surface area (Å²) in [6.07, 6.45) is 6.70. The standard InChI is InChI=1S/C23H28N2O3/c1-2-17-8-14-21(15-9-17)28-16-22(26)24-20-12-10-18(11-13-20)23(27)25-19-6-4-3-5-7-19/h8-15,19H,2-7,16H2,1H3,(H,24,26)(H,25,27). The monoisotopic (exact) mass is 380 g/mol. The first-order chi connectivity index (χ1) is 13.6. The van der Waals surface area contributed by atoms with Crippen LogP contribution < -0.4 is 15.4 Å². The summed E-state index contributed by atoms with van der Waals surface area (Å²) in [6, 6.07) is 14.9. The fourth-order valence-electron chi connectivity index (χ4n) is 3.39. The molecule has 0 bridgehead atoms. The normalized spacial score (nSPS) is 14.3. The number of carbonyl (C=O) groups excluding carboxylic acids is 2. The van der Waals surface area contributed by atoms with E-state index in [0.717, 1.165) is 19.3 Å². The van der Waals surface area contributed by atoms with Gasteiger partial charge in [-0.3, -0.25) is 9.59 Å². The van der Waals surface area contributed by atoms with Crippen molar-refractivity contribution < 1.29 is 14.3 Å². The van der Waals surface area contributed by atoms with E-state index in [0.29, 0.717) is 17.0 Å². The molecule has 3 rings (SSSR count). The maximum absolute atomic E-state index is 12.3. The largest absolute Gasteiger partial charge is 0.484 e. The summed E-state index contributed by atoms with van der Waals surface area (Å²) in [7, 11) is 0. The molecule has 2 amide bonds. The lowest BCUT2D eigenvalue weighted by atomic mass is 9.95. The van der Waals surface area contributed by atoms with E-state index in [9.17, 15) is 9.59 Å². The Hall–Kier alpha value is -2.82. The molecule has 0 aromatic heterocycles. The van der Waals surface area contributed by atoms with Crippen molar-refractivity contribution in [1.82, 2.24) is 5.32 Å². The number of nitrogens with one attached hydrogen (secondary N) is 2. The van der Waals surface area contributed by atoms with Gasteiger partial charge in [-0.2, -0.15) is 0 Å². The predicted molar refractivity (Wildman–Crippen MR) is 111 cm³/mol. The summed E-state index contributed by atoms with van der Waals surface area (Å²) in [5, 5.41) is 5.88. The van der Waals surface area contributed by atoms with Gasteiger partial charge in [0.05, 0.1) is 0 Å². The molecule has 148 valence electrons. The van der Waals surface area contributed by atoms with Gasteiger partial charge in [-0.05, 0) is 61.2 Å². The van der Waals surface area contributed by atoms with Crippen molar-refractivity contribution in [3.8, 4) is 5.75 Å². The zero-order valence-corrected chi connectivity index (χ0v) is 16.4. The molecule has 1 saturated carbocycles. The minimum Gasteiger partial charge on any atom is -0.484 e. The van der Waals surface area contributed by atoms with Gasteiger partial charge in [0, 0.05) is 17.3 Å². The molecule has 1 fully saturated rings. The van der Waals surface area contributed by atoms with Gasteiger partial charge in [-0.25, -0.2) is 0 Å². The van der Waals surface area contributed by atoms with Gasteiger partial charge in [0.15, 0.2) is 6.61 Å². The molecule has 0 spiro atoms. The molecular weight excluding hydrogens is 352 g/mol. The fraction of sp³-hybridized carbons (Fsp3) is 0.391. The summed E-state index contributed by atoms with van der Waals surface area (Å²) in [5.41, 5.74) is 2.48. The SMILES string of the molecule is CCc1ccc(OCC(=O)Nc2ccc(C(=O)NC3CCCCC3)cc2)cc1. The van der Waals surface area contributed by atoms with Crippen LogP contribution in [-0.2, 0) is 11.2 Å². The minimum atomic E-state index is -0.237. The Labute approximate surface area is 166 Å². The summed E-state index contributed by atoms with van der Waals surface area (Å²) in [6.45, 7) is 2.03. The molecule has 0 heterocycles. The smallest absolute Gasteiger partial charge is 0.262 e. The van der Waals surface area contributed by atoms with E-state index in [4.69, 9.17) is 4.74 Å². The average molecular weight is 380 g/mol. The number of amides is 2. The molecule has 5 nitrogen and oxygen atoms in total. The van der Waals surface area contributed by atoms with Crippen molar-refractivity contribution in [2.75, 3.05) is 11.9 Å². The third-order valence-corrected chi connectivity index (χ3v) is 5.07. The molecule has 5 heteroatoms. The van der Waals surface area contributed by atoms with Gasteiger partial charge in [0.1, 0.15) is 5.75 Å². The van der Waals surface area contributed by atoms with E-state index in [2.05, 4.69) is 17.6 Å². The van der Waals surface area contributed by atoms with Crippen LogP contribution >= 0.6 is 0 Å². The number of hydrogen-bond donors (Lipinski definition) is 2. The number of hydrogen-bond acceptors (Lipinski definition) is 3. The van der Waals surface area contributed by atoms with Crippen molar-refractivity contribution in [3.05, 3.63) is 59.7 Å². The Kier molecular flexibility index (Phi) is 7.06. The Balaban J connectivity index is 1.46. The van der Waals surface area contributed by atoms with Crippen LogP contribution in [0.5, 0.6) is 5.75 Å². The van der Waals surface area contributed by atoms with Gasteiger partial charge < -0.3 is 15.4 Å². The lowest BCUT2D eigenvalue weighted by Crippen LogP contribution is -2.36. The molecule has 0 atom stereocenters. The van der Waals surface area contributed by atoms with Gasteiger partial charge >= 0.3 is 0 Å². The summed E-state index contributed by atoms with van der Waals surface area (Å²) in [4.78, 5) is 24.4. The molecule has 0 aliphatic heterocycles. The Morgan fingerprint density at radius 2 is 1.64 bits per heavy atom. The predicted octanol–water partition coefficient (Wildman–Crippen LogP) is 4.33. The van der Waals surface area contributed by atoms with E-state index >= 15 is 0 Å². The molecule has 1 aliphatic carbocycles. The number of ether oxygens (including phenoxy) is 1. The molecule has 0 radical (unpaired) electrons. The highest BCUT2D eigenvalue weighted by molar-refractivity contribution is 5.96. The third kappa shape index (κ3) is 5.84. The lowest BCUT2D eigenvalue weighted by Gasteiger charge is -2.22. The number of carbonyl (C=O) groups is 2. The lowest BCUT2D eigenvalue weighted by molar-refractivity contribution is -0.118. The number of anilines is 1. The van der Waals surface area contributed by atoms with Gasteiger partial charge in [0.25, 0.3) is 11.8 Å². The summed E-state index contributed by atoms with van der Waals surface area (Å²) < 4.78 is 5.51. The van der Waals surface area contributed by atoms with Gasteiger partial charge in [-0.1, -0.05) is 38.3 Å². The number of benzene rings is 2. The van der Waals surface area contributed by atoms with E-state index in [1.54, 1.807) is 24.3 Å². The highest BCUT2D eigenvalue weighted by atomic mass is 16.5. The third-order valence-electron chi connectivity index (χ3n) is 5.07. The van der Waals surface area contributed by atoms with Crippen LogP contribution in [0.15, 0.2) is 48.5 Å². The zero-order chi connectivity index (χ0) is 19.8. The van der Waals surface area contributed by atoms with Crippen LogP contribution in [0.4, 0.5) is 5.69 Å². The molecule has 0 unspecified atom stereocenters. The Bertz CT molecular complexity index is 778. The molecule has 2 N–H and O–H groups in total. The van der Waals surface area contributed by atoms with E-state index in [-0.39, 0.29) is 24.5 Å². The molecular formula is C23H28N2O3. The highest BCUT2D eigenvalue weighted by Gasteiger charge is 2.16. The van der Waals surface area contributed by atoms with Gasteiger partial charge in [-0.15, -0.1) is 0 Å². The maximum atomic E-state index is 12.3. The van der Waals surface area contributed by atoms with Crippen molar-refractivity contribution in [3.63, 3.8) is 0 Å². The second-order valence-corrected chi connectivity index (χ2v) is 7.22. The van der Waals surface area contributed by atoms with Crippen molar-refractivity contribution in [2.45, 2.75) is 51.5 Å². The second-order valence-electron chi connectivity index (χ2n) is 7.22. The first-order valence-electron chi connectivity index (χ1n) is 10.1. The fourth-order valence-corrected chi connectivity index (χ4v) is 3.39. The van der Waals surface area contributed by atoms with Crippen LogP contribution in [0.25, 0.3) is 0 Å². The summed E-state index contributed by atoms with van der Waals surface area (Å²) in [5.74, 6) is 0.379. The second kappa shape index (κ2) is 9.93. The first-order valence-corrected chi connectivity index (χ1v) is 10.1. The van der Waals surface area contributed by atoms with Crippen molar-refractivity contribution in [1.29, 1.82) is 0 Å². The average Bonchev–Trinajstić information content (AvgIpc) is 2.74. The van der Waals surface area contributed by atoms with Crippen molar-refractivity contribution >= 4 is 17.5 Å². The van der Waals surface area contributed by atoms with Crippen LogP contribution in [-0.4, -0.2) is 24.5 Å². The Morgan fingerprint density at radius 3 is 2.29 bits per heavy atom. The highest BCUT2D eigenvalue weighted by Crippen LogP contribution is 2.18. The van der Waals surface area contributed by atoms with Gasteiger partial charge in [0.2, 0.25) is 0 Å². The quantitative estimate of drug-likeness (QED) is 0.751. The van der Waals surface area contributed by atoms with Crippen LogP contribution in [0.2, 0.25) is 0 Å². The maximum Gasteiger partial charge on any atom is 0.262 e. The molecule has 1 aliphatic rings. The Morgan fingerprint density at radius 1 is 0.964 bits per heavy atom. The molecule has 0 saturated heterocycles. The van der Waals surface area contributed by atoms with Crippen LogP contribution in [0, 0.1) is 0 Å². The molecule has 2 aromatic carbocycles. The molecule has 28 heavy (non-hydrogen) atoms.